The van der Waals surface area contributed by atoms with E-state index in [0.29, 0.717) is 11.3 Å². The van der Waals surface area contributed by atoms with Crippen molar-refractivity contribution >= 4 is 28.9 Å². The van der Waals surface area contributed by atoms with Gasteiger partial charge in [0, 0.05) is 17.0 Å². The van der Waals surface area contributed by atoms with Gasteiger partial charge < -0.3 is 15.1 Å². The average Bonchev–Trinajstić information content (AvgIpc) is 3.12. The van der Waals surface area contributed by atoms with Crippen molar-refractivity contribution in [1.82, 2.24) is 0 Å². The fourth-order valence-corrected chi connectivity index (χ4v) is 3.77. The summed E-state index contributed by atoms with van der Waals surface area (Å²) in [5, 5.41) is 19.1. The molecule has 5 nitrogen and oxygen atoms in total. The lowest BCUT2D eigenvalue weighted by Gasteiger charge is -2.21. The Kier molecular flexibility index (Phi) is 5.69. The smallest absolute Gasteiger partial charge is 0.348 e. The molecule has 2 N–H and O–H groups in total. The molecule has 0 saturated carbocycles. The number of aromatic carboxylic acids is 1. The number of benzene rings is 2. The first kappa shape index (κ1) is 18.8. The van der Waals surface area contributed by atoms with Crippen molar-refractivity contribution < 1.29 is 19.8 Å². The molecule has 3 rings (SSSR count). The molecule has 0 bridgehead atoms. The third-order valence-electron chi connectivity index (χ3n) is 4.12. The summed E-state index contributed by atoms with van der Waals surface area (Å²) in [7, 11) is 0. The molecule has 0 aliphatic carbocycles. The van der Waals surface area contributed by atoms with Gasteiger partial charge in [-0.1, -0.05) is 48.0 Å². The number of thiophene rings is 1. The van der Waals surface area contributed by atoms with Crippen LogP contribution in [0.25, 0.3) is 10.4 Å². The zero-order valence-electron chi connectivity index (χ0n) is 14.8. The Balaban J connectivity index is 2.06. The number of nitrogens with zero attached hydrogens (tertiary/aromatic N) is 1. The molecule has 0 unspecified atom stereocenters. The number of carboxylic acid groups (broad SMARTS) is 1. The summed E-state index contributed by atoms with van der Waals surface area (Å²) in [6.07, 6.45) is 0. The first-order valence-electron chi connectivity index (χ1n) is 8.43. The van der Waals surface area contributed by atoms with E-state index in [9.17, 15) is 19.8 Å². The van der Waals surface area contributed by atoms with Crippen molar-refractivity contribution in [3.8, 4) is 10.4 Å². The Labute approximate surface area is 161 Å². The van der Waals surface area contributed by atoms with Crippen LogP contribution in [0.15, 0.2) is 60.7 Å². The molecule has 0 atom stereocenters. The van der Waals surface area contributed by atoms with Crippen molar-refractivity contribution in [3.63, 3.8) is 0 Å². The fraction of sp³-hybridized carbons (Fsp3) is 0.143. The van der Waals surface area contributed by atoms with Crippen LogP contribution in [0.1, 0.15) is 25.6 Å². The van der Waals surface area contributed by atoms with Crippen LogP contribution in [0.5, 0.6) is 0 Å². The van der Waals surface area contributed by atoms with E-state index in [1.54, 1.807) is 18.2 Å². The van der Waals surface area contributed by atoms with E-state index >= 15 is 0 Å². The van der Waals surface area contributed by atoms with Crippen LogP contribution in [-0.2, 0) is 0 Å². The number of aliphatic hydroxyl groups excluding tert-OH is 1. The molecule has 1 heterocycles. The number of anilines is 1. The summed E-state index contributed by atoms with van der Waals surface area (Å²) < 4.78 is 0. The molecule has 1 aromatic heterocycles. The molecule has 6 heteroatoms. The highest BCUT2D eigenvalue weighted by molar-refractivity contribution is 7.18. The van der Waals surface area contributed by atoms with E-state index in [1.807, 2.05) is 49.4 Å². The van der Waals surface area contributed by atoms with E-state index in [0.717, 1.165) is 27.3 Å². The van der Waals surface area contributed by atoms with Crippen LogP contribution in [0.4, 0.5) is 5.69 Å². The summed E-state index contributed by atoms with van der Waals surface area (Å²) in [6.45, 7) is 1.67. The van der Waals surface area contributed by atoms with Crippen molar-refractivity contribution in [2.24, 2.45) is 0 Å². The first-order chi connectivity index (χ1) is 13.0. The molecule has 138 valence electrons. The zero-order chi connectivity index (χ0) is 19.4. The summed E-state index contributed by atoms with van der Waals surface area (Å²) in [4.78, 5) is 26.9. The molecule has 0 fully saturated rings. The quantitative estimate of drug-likeness (QED) is 0.675. The van der Waals surface area contributed by atoms with Gasteiger partial charge in [0.15, 0.2) is 0 Å². The zero-order valence-corrected chi connectivity index (χ0v) is 15.6. The molecule has 2 aromatic carbocycles. The third-order valence-corrected chi connectivity index (χ3v) is 5.28. The van der Waals surface area contributed by atoms with Crippen LogP contribution in [0.2, 0.25) is 0 Å². The second-order valence-corrected chi connectivity index (χ2v) is 7.09. The topological polar surface area (TPSA) is 77.8 Å². The van der Waals surface area contributed by atoms with Gasteiger partial charge in [0.1, 0.15) is 4.88 Å². The van der Waals surface area contributed by atoms with Crippen LogP contribution in [-0.4, -0.2) is 35.2 Å². The summed E-state index contributed by atoms with van der Waals surface area (Å²) in [5.74, 6) is -1.44. The number of aryl methyl sites for hydroxylation is 1. The minimum Gasteiger partial charge on any atom is -0.477 e. The van der Waals surface area contributed by atoms with Gasteiger partial charge in [-0.05, 0) is 30.7 Å². The van der Waals surface area contributed by atoms with Gasteiger partial charge in [-0.15, -0.1) is 11.3 Å². The number of hydrogen-bond acceptors (Lipinski definition) is 4. The van der Waals surface area contributed by atoms with Gasteiger partial charge in [-0.3, -0.25) is 4.79 Å². The fourth-order valence-electron chi connectivity index (χ4n) is 2.76. The predicted octanol–water partition coefficient (Wildman–Crippen LogP) is 4.06. The van der Waals surface area contributed by atoms with E-state index < -0.39 is 5.97 Å². The van der Waals surface area contributed by atoms with Gasteiger partial charge in [0.05, 0.1) is 12.3 Å². The second kappa shape index (κ2) is 8.16. The highest BCUT2D eigenvalue weighted by Crippen LogP contribution is 2.37. The number of rotatable bonds is 6. The first-order valence-corrected chi connectivity index (χ1v) is 9.25. The standard InChI is InChI=1S/C21H19NO4S/c1-14-7-9-16(10-8-14)20(24)22(11-12-23)17-13-18(27-19(17)21(25)26)15-5-3-2-4-6-15/h2-10,13,23H,11-12H2,1H3,(H,25,26). The molecule has 0 spiro atoms. The Hall–Kier alpha value is -2.96. The highest BCUT2D eigenvalue weighted by Gasteiger charge is 2.25. The maximum Gasteiger partial charge on any atom is 0.348 e. The normalized spacial score (nSPS) is 10.6. The van der Waals surface area contributed by atoms with Crippen molar-refractivity contribution in [2.45, 2.75) is 6.92 Å². The SMILES string of the molecule is Cc1ccc(C(=O)N(CCO)c2cc(-c3ccccc3)sc2C(=O)O)cc1. The van der Waals surface area contributed by atoms with Crippen LogP contribution < -0.4 is 4.90 Å². The maximum absolute atomic E-state index is 13.0. The summed E-state index contributed by atoms with van der Waals surface area (Å²) >= 11 is 1.11. The molecule has 3 aromatic rings. The highest BCUT2D eigenvalue weighted by atomic mass is 32.1. The average molecular weight is 381 g/mol. The number of amides is 1. The minimum absolute atomic E-state index is 0.0119. The molecule has 27 heavy (non-hydrogen) atoms. The molecular formula is C21H19NO4S. The van der Waals surface area contributed by atoms with Gasteiger partial charge in [-0.25, -0.2) is 4.79 Å². The third kappa shape index (κ3) is 4.07. The molecular weight excluding hydrogens is 362 g/mol. The number of hydrogen-bond donors (Lipinski definition) is 2. The van der Waals surface area contributed by atoms with Crippen LogP contribution in [0.3, 0.4) is 0 Å². The van der Waals surface area contributed by atoms with Crippen LogP contribution in [0, 0.1) is 6.92 Å². The second-order valence-electron chi connectivity index (χ2n) is 6.04. The lowest BCUT2D eigenvalue weighted by Crippen LogP contribution is -2.34. The Morgan fingerprint density at radius 2 is 1.70 bits per heavy atom. The van der Waals surface area contributed by atoms with Crippen molar-refractivity contribution in [2.75, 3.05) is 18.1 Å². The van der Waals surface area contributed by atoms with Crippen molar-refractivity contribution in [3.05, 3.63) is 76.7 Å². The minimum atomic E-state index is -1.10. The maximum atomic E-state index is 13.0. The summed E-state index contributed by atoms with van der Waals surface area (Å²) in [5.41, 5.74) is 2.64. The van der Waals surface area contributed by atoms with Gasteiger partial charge >= 0.3 is 5.97 Å². The van der Waals surface area contributed by atoms with E-state index in [4.69, 9.17) is 0 Å². The van der Waals surface area contributed by atoms with E-state index in [1.165, 1.54) is 4.90 Å². The van der Waals surface area contributed by atoms with Gasteiger partial charge in [0.2, 0.25) is 0 Å². The Morgan fingerprint density at radius 3 is 2.30 bits per heavy atom. The monoisotopic (exact) mass is 381 g/mol. The van der Waals surface area contributed by atoms with E-state index in [-0.39, 0.29) is 23.9 Å². The molecule has 1 amide bonds. The number of carbonyl (C=O) groups excluding carboxylic acids is 1. The lowest BCUT2D eigenvalue weighted by molar-refractivity contribution is 0.0703. The van der Waals surface area contributed by atoms with Crippen molar-refractivity contribution in [1.29, 1.82) is 0 Å². The van der Waals surface area contributed by atoms with Gasteiger partial charge in [-0.2, -0.15) is 0 Å². The summed E-state index contributed by atoms with van der Waals surface area (Å²) in [6, 6.07) is 18.2. The lowest BCUT2D eigenvalue weighted by atomic mass is 10.1. The largest absolute Gasteiger partial charge is 0.477 e. The number of carboxylic acids is 1. The Bertz CT molecular complexity index is 948. The number of carbonyl (C=O) groups is 2. The molecule has 0 radical (unpaired) electrons. The van der Waals surface area contributed by atoms with Gasteiger partial charge in [0.25, 0.3) is 5.91 Å². The molecule has 0 aliphatic rings. The Morgan fingerprint density at radius 1 is 1.04 bits per heavy atom. The number of aliphatic hydroxyl groups is 1. The van der Waals surface area contributed by atoms with E-state index in [2.05, 4.69) is 0 Å². The van der Waals surface area contributed by atoms with Crippen LogP contribution >= 0.6 is 11.3 Å². The predicted molar refractivity (Wildman–Crippen MR) is 107 cm³/mol. The molecule has 0 aliphatic heterocycles. The molecule has 0 saturated heterocycles.